The second-order valence-corrected chi connectivity index (χ2v) is 5.42. The molecule has 2 nitrogen and oxygen atoms in total. The molecule has 1 N–H and O–H groups in total. The SMILES string of the molecule is CC(Cc1cccc(C(F)(F)F)c1)NCCOc1ccccc1. The number of halogens is 3. The average molecular weight is 323 g/mol. The van der Waals surface area contributed by atoms with Crippen molar-refractivity contribution in [1.82, 2.24) is 5.32 Å². The molecule has 0 aliphatic rings. The van der Waals surface area contributed by atoms with Crippen LogP contribution in [0.15, 0.2) is 54.6 Å². The quantitative estimate of drug-likeness (QED) is 0.767. The predicted molar refractivity (Wildman–Crippen MR) is 84.5 cm³/mol. The van der Waals surface area contributed by atoms with Gasteiger partial charge in [-0.05, 0) is 37.1 Å². The normalized spacial score (nSPS) is 12.9. The summed E-state index contributed by atoms with van der Waals surface area (Å²) in [7, 11) is 0. The fraction of sp³-hybridized carbons (Fsp3) is 0.333. The number of rotatable bonds is 7. The first-order chi connectivity index (χ1) is 10.9. The Morgan fingerprint density at radius 1 is 1.04 bits per heavy atom. The van der Waals surface area contributed by atoms with Gasteiger partial charge in [0.2, 0.25) is 0 Å². The molecule has 0 bridgehead atoms. The van der Waals surface area contributed by atoms with Gasteiger partial charge >= 0.3 is 6.18 Å². The molecule has 0 heterocycles. The standard InChI is InChI=1S/C18H20F3NO/c1-14(22-10-11-23-17-8-3-2-4-9-17)12-15-6-5-7-16(13-15)18(19,20)21/h2-9,13-14,22H,10-12H2,1H3. The van der Waals surface area contributed by atoms with Crippen molar-refractivity contribution in [2.75, 3.05) is 13.2 Å². The molecule has 0 aromatic heterocycles. The second-order valence-electron chi connectivity index (χ2n) is 5.42. The zero-order chi connectivity index (χ0) is 16.7. The van der Waals surface area contributed by atoms with Crippen molar-refractivity contribution in [1.29, 1.82) is 0 Å². The van der Waals surface area contributed by atoms with E-state index in [1.54, 1.807) is 6.07 Å². The summed E-state index contributed by atoms with van der Waals surface area (Å²) in [4.78, 5) is 0. The molecule has 0 amide bonds. The van der Waals surface area contributed by atoms with Gasteiger partial charge < -0.3 is 10.1 Å². The number of para-hydroxylation sites is 1. The minimum atomic E-state index is -4.30. The molecule has 0 aliphatic heterocycles. The van der Waals surface area contributed by atoms with Crippen LogP contribution in [0.5, 0.6) is 5.75 Å². The van der Waals surface area contributed by atoms with E-state index in [0.717, 1.165) is 11.8 Å². The lowest BCUT2D eigenvalue weighted by Gasteiger charge is -2.15. The van der Waals surface area contributed by atoms with E-state index in [4.69, 9.17) is 4.74 Å². The highest BCUT2D eigenvalue weighted by molar-refractivity contribution is 5.26. The minimum Gasteiger partial charge on any atom is -0.492 e. The zero-order valence-corrected chi connectivity index (χ0v) is 12.9. The Hall–Kier alpha value is -2.01. The summed E-state index contributed by atoms with van der Waals surface area (Å²) in [5, 5.41) is 3.25. The van der Waals surface area contributed by atoms with Gasteiger partial charge in [0.25, 0.3) is 0 Å². The van der Waals surface area contributed by atoms with Crippen molar-refractivity contribution < 1.29 is 17.9 Å². The molecule has 2 rings (SSSR count). The molecule has 0 saturated heterocycles. The van der Waals surface area contributed by atoms with Gasteiger partial charge in [-0.15, -0.1) is 0 Å². The van der Waals surface area contributed by atoms with Crippen LogP contribution in [-0.4, -0.2) is 19.2 Å². The molecular weight excluding hydrogens is 303 g/mol. The van der Waals surface area contributed by atoms with Crippen LogP contribution in [0, 0.1) is 0 Å². The fourth-order valence-corrected chi connectivity index (χ4v) is 2.29. The maximum Gasteiger partial charge on any atom is 0.416 e. The van der Waals surface area contributed by atoms with Gasteiger partial charge in [-0.25, -0.2) is 0 Å². The van der Waals surface area contributed by atoms with E-state index in [2.05, 4.69) is 5.32 Å². The highest BCUT2D eigenvalue weighted by Crippen LogP contribution is 2.29. The summed E-state index contributed by atoms with van der Waals surface area (Å²) in [6.45, 7) is 3.09. The summed E-state index contributed by atoms with van der Waals surface area (Å²) in [5.41, 5.74) is 0.0680. The first-order valence-corrected chi connectivity index (χ1v) is 7.52. The van der Waals surface area contributed by atoms with Crippen LogP contribution in [0.3, 0.4) is 0 Å². The van der Waals surface area contributed by atoms with Crippen molar-refractivity contribution in [2.45, 2.75) is 25.6 Å². The van der Waals surface area contributed by atoms with Crippen molar-refractivity contribution >= 4 is 0 Å². The number of hydrogen-bond acceptors (Lipinski definition) is 2. The Balaban J connectivity index is 1.75. The van der Waals surface area contributed by atoms with Crippen LogP contribution in [-0.2, 0) is 12.6 Å². The molecule has 1 atom stereocenters. The van der Waals surface area contributed by atoms with Gasteiger partial charge in [-0.3, -0.25) is 0 Å². The molecule has 0 aliphatic carbocycles. The van der Waals surface area contributed by atoms with Crippen LogP contribution in [0.2, 0.25) is 0 Å². The molecule has 124 valence electrons. The van der Waals surface area contributed by atoms with Crippen LogP contribution >= 0.6 is 0 Å². The van der Waals surface area contributed by atoms with E-state index in [0.29, 0.717) is 25.1 Å². The second kappa shape index (κ2) is 8.02. The first kappa shape index (κ1) is 17.3. The molecule has 0 radical (unpaired) electrons. The van der Waals surface area contributed by atoms with Gasteiger partial charge in [0.1, 0.15) is 12.4 Å². The van der Waals surface area contributed by atoms with Gasteiger partial charge in [0.05, 0.1) is 5.56 Å². The van der Waals surface area contributed by atoms with E-state index >= 15 is 0 Å². The Morgan fingerprint density at radius 3 is 2.48 bits per heavy atom. The largest absolute Gasteiger partial charge is 0.492 e. The number of alkyl halides is 3. The van der Waals surface area contributed by atoms with E-state index < -0.39 is 11.7 Å². The summed E-state index contributed by atoms with van der Waals surface area (Å²) in [6, 6.07) is 15.0. The average Bonchev–Trinajstić information content (AvgIpc) is 2.52. The molecule has 2 aromatic rings. The van der Waals surface area contributed by atoms with Gasteiger partial charge in [0.15, 0.2) is 0 Å². The van der Waals surface area contributed by atoms with Crippen molar-refractivity contribution in [3.05, 3.63) is 65.7 Å². The first-order valence-electron chi connectivity index (χ1n) is 7.52. The third kappa shape index (κ3) is 5.94. The Morgan fingerprint density at radius 2 is 1.78 bits per heavy atom. The summed E-state index contributed by atoms with van der Waals surface area (Å²) < 4.78 is 43.6. The molecule has 5 heteroatoms. The van der Waals surface area contributed by atoms with Crippen molar-refractivity contribution in [3.63, 3.8) is 0 Å². The Kier molecular flexibility index (Phi) is 6.04. The highest BCUT2D eigenvalue weighted by atomic mass is 19.4. The Labute approximate surface area is 134 Å². The van der Waals surface area contributed by atoms with E-state index in [1.165, 1.54) is 12.1 Å². The van der Waals surface area contributed by atoms with Gasteiger partial charge in [0, 0.05) is 12.6 Å². The van der Waals surface area contributed by atoms with Gasteiger partial charge in [-0.2, -0.15) is 13.2 Å². The molecule has 0 saturated carbocycles. The van der Waals surface area contributed by atoms with E-state index in [1.807, 2.05) is 37.3 Å². The van der Waals surface area contributed by atoms with Gasteiger partial charge in [-0.1, -0.05) is 36.4 Å². The summed E-state index contributed by atoms with van der Waals surface area (Å²) in [6.07, 6.45) is -3.76. The number of benzene rings is 2. The third-order valence-electron chi connectivity index (χ3n) is 3.40. The molecular formula is C18H20F3NO. The van der Waals surface area contributed by atoms with Crippen LogP contribution in [0.1, 0.15) is 18.1 Å². The van der Waals surface area contributed by atoms with E-state index in [-0.39, 0.29) is 6.04 Å². The fourth-order valence-electron chi connectivity index (χ4n) is 2.29. The molecule has 0 spiro atoms. The van der Waals surface area contributed by atoms with Crippen LogP contribution in [0.4, 0.5) is 13.2 Å². The van der Waals surface area contributed by atoms with Crippen molar-refractivity contribution in [2.24, 2.45) is 0 Å². The summed E-state index contributed by atoms with van der Waals surface area (Å²) >= 11 is 0. The lowest BCUT2D eigenvalue weighted by Crippen LogP contribution is -2.31. The Bertz CT molecular complexity index is 599. The zero-order valence-electron chi connectivity index (χ0n) is 12.9. The maximum absolute atomic E-state index is 12.7. The molecule has 1 unspecified atom stereocenters. The maximum atomic E-state index is 12.7. The molecule has 0 fully saturated rings. The lowest BCUT2D eigenvalue weighted by molar-refractivity contribution is -0.137. The minimum absolute atomic E-state index is 0.0675. The predicted octanol–water partition coefficient (Wildman–Crippen LogP) is 4.31. The number of ether oxygens (including phenoxy) is 1. The molecule has 23 heavy (non-hydrogen) atoms. The smallest absolute Gasteiger partial charge is 0.416 e. The number of nitrogens with one attached hydrogen (secondary N) is 1. The van der Waals surface area contributed by atoms with Crippen LogP contribution < -0.4 is 10.1 Å². The van der Waals surface area contributed by atoms with Crippen LogP contribution in [0.25, 0.3) is 0 Å². The number of hydrogen-bond donors (Lipinski definition) is 1. The lowest BCUT2D eigenvalue weighted by atomic mass is 10.0. The molecule has 2 aromatic carbocycles. The third-order valence-corrected chi connectivity index (χ3v) is 3.40. The van der Waals surface area contributed by atoms with Crippen molar-refractivity contribution in [3.8, 4) is 5.75 Å². The topological polar surface area (TPSA) is 21.3 Å². The summed E-state index contributed by atoms with van der Waals surface area (Å²) in [5.74, 6) is 0.805. The highest BCUT2D eigenvalue weighted by Gasteiger charge is 2.30. The monoisotopic (exact) mass is 323 g/mol. The van der Waals surface area contributed by atoms with E-state index in [9.17, 15) is 13.2 Å².